The van der Waals surface area contributed by atoms with Gasteiger partial charge in [0.15, 0.2) is 0 Å². The molecule has 0 saturated carbocycles. The summed E-state index contributed by atoms with van der Waals surface area (Å²) in [6, 6.07) is 6.52. The SMILES string of the molecule is Cc1ccc2c(c1)Cc1cnsc1N2.[HH]. The summed E-state index contributed by atoms with van der Waals surface area (Å²) in [5.74, 6) is 0. The quantitative estimate of drug-likeness (QED) is 0.607. The van der Waals surface area contributed by atoms with Crippen molar-refractivity contribution in [1.82, 2.24) is 4.37 Å². The van der Waals surface area contributed by atoms with Gasteiger partial charge in [0.25, 0.3) is 0 Å². The van der Waals surface area contributed by atoms with E-state index in [-0.39, 0.29) is 1.43 Å². The molecule has 3 rings (SSSR count). The predicted molar refractivity (Wildman–Crippen MR) is 61.5 cm³/mol. The molecule has 0 saturated heterocycles. The lowest BCUT2D eigenvalue weighted by molar-refractivity contribution is 1.16. The third kappa shape index (κ3) is 1.13. The molecule has 0 aliphatic carbocycles. The fourth-order valence-electron chi connectivity index (χ4n) is 1.81. The monoisotopic (exact) mass is 204 g/mol. The maximum atomic E-state index is 4.19. The average Bonchev–Trinajstić information content (AvgIpc) is 2.61. The minimum atomic E-state index is 0. The standard InChI is InChI=1S/C11H10N2S.H2/c1-7-2-3-10-8(4-7)5-9-6-12-14-11(9)13-10;/h2-4,6,13H,5H2,1H3;1H. The van der Waals surface area contributed by atoms with E-state index in [0.29, 0.717) is 0 Å². The second-order valence-corrected chi connectivity index (χ2v) is 4.44. The van der Waals surface area contributed by atoms with Crippen molar-refractivity contribution in [3.05, 3.63) is 41.1 Å². The zero-order valence-electron chi connectivity index (χ0n) is 7.87. The molecule has 14 heavy (non-hydrogen) atoms. The molecule has 72 valence electrons. The van der Waals surface area contributed by atoms with Crippen molar-refractivity contribution in [2.45, 2.75) is 13.3 Å². The number of hydrogen-bond donors (Lipinski definition) is 1. The maximum Gasteiger partial charge on any atom is 0.117 e. The number of anilines is 2. The van der Waals surface area contributed by atoms with E-state index in [1.165, 1.54) is 38.9 Å². The van der Waals surface area contributed by atoms with Crippen LogP contribution in [0.4, 0.5) is 10.7 Å². The van der Waals surface area contributed by atoms with Gasteiger partial charge < -0.3 is 5.32 Å². The van der Waals surface area contributed by atoms with Crippen LogP contribution < -0.4 is 5.32 Å². The van der Waals surface area contributed by atoms with Crippen molar-refractivity contribution < 1.29 is 1.43 Å². The van der Waals surface area contributed by atoms with E-state index >= 15 is 0 Å². The Bertz CT molecular complexity index is 493. The molecular formula is C11H12N2S. The molecule has 1 aliphatic heterocycles. The lowest BCUT2D eigenvalue weighted by atomic mass is 10.0. The van der Waals surface area contributed by atoms with E-state index in [2.05, 4.69) is 34.8 Å². The summed E-state index contributed by atoms with van der Waals surface area (Å²) in [6.45, 7) is 2.13. The van der Waals surface area contributed by atoms with Gasteiger partial charge in [-0.25, -0.2) is 0 Å². The van der Waals surface area contributed by atoms with Gasteiger partial charge in [0.1, 0.15) is 5.00 Å². The van der Waals surface area contributed by atoms with E-state index in [1.807, 2.05) is 6.20 Å². The zero-order valence-corrected chi connectivity index (χ0v) is 8.69. The molecule has 0 spiro atoms. The first-order valence-corrected chi connectivity index (χ1v) is 5.40. The number of aryl methyl sites for hydroxylation is 1. The predicted octanol–water partition coefficient (Wildman–Crippen LogP) is 3.35. The van der Waals surface area contributed by atoms with E-state index in [1.54, 1.807) is 0 Å². The highest BCUT2D eigenvalue weighted by Gasteiger charge is 2.15. The van der Waals surface area contributed by atoms with Crippen LogP contribution in [-0.2, 0) is 6.42 Å². The number of benzene rings is 1. The van der Waals surface area contributed by atoms with Crippen molar-refractivity contribution in [2.24, 2.45) is 0 Å². The van der Waals surface area contributed by atoms with Crippen LogP contribution in [0.25, 0.3) is 0 Å². The molecule has 2 aromatic rings. The molecule has 1 aromatic carbocycles. The fraction of sp³-hybridized carbons (Fsp3) is 0.182. The Kier molecular flexibility index (Phi) is 1.61. The first-order valence-electron chi connectivity index (χ1n) is 4.63. The molecule has 0 radical (unpaired) electrons. The van der Waals surface area contributed by atoms with E-state index in [0.717, 1.165) is 6.42 Å². The van der Waals surface area contributed by atoms with E-state index in [9.17, 15) is 0 Å². The molecular weight excluding hydrogens is 192 g/mol. The molecule has 2 heterocycles. The van der Waals surface area contributed by atoms with E-state index < -0.39 is 0 Å². The summed E-state index contributed by atoms with van der Waals surface area (Å²) in [5.41, 5.74) is 5.23. The molecule has 0 atom stereocenters. The van der Waals surface area contributed by atoms with Crippen molar-refractivity contribution in [1.29, 1.82) is 0 Å². The number of fused-ring (bicyclic) bond motifs is 2. The highest BCUT2D eigenvalue weighted by atomic mass is 32.1. The van der Waals surface area contributed by atoms with Gasteiger partial charge >= 0.3 is 0 Å². The summed E-state index contributed by atoms with van der Waals surface area (Å²) in [6.07, 6.45) is 2.97. The van der Waals surface area contributed by atoms with Crippen LogP contribution in [0.15, 0.2) is 24.4 Å². The Morgan fingerprint density at radius 2 is 2.36 bits per heavy atom. The first-order chi connectivity index (χ1) is 6.83. The summed E-state index contributed by atoms with van der Waals surface area (Å²) in [5, 5.41) is 4.60. The van der Waals surface area contributed by atoms with Crippen LogP contribution in [0.3, 0.4) is 0 Å². The van der Waals surface area contributed by atoms with Gasteiger partial charge in [0.2, 0.25) is 0 Å². The molecule has 2 nitrogen and oxygen atoms in total. The second kappa shape index (κ2) is 2.82. The van der Waals surface area contributed by atoms with Gasteiger partial charge in [-0.3, -0.25) is 0 Å². The fourth-order valence-corrected chi connectivity index (χ4v) is 2.49. The summed E-state index contributed by atoms with van der Waals surface area (Å²) in [7, 11) is 0. The Hall–Kier alpha value is -1.35. The van der Waals surface area contributed by atoms with E-state index in [4.69, 9.17) is 0 Å². The molecule has 1 N–H and O–H groups in total. The number of nitrogens with zero attached hydrogens (tertiary/aromatic N) is 1. The molecule has 0 amide bonds. The minimum absolute atomic E-state index is 0. The van der Waals surface area contributed by atoms with Gasteiger partial charge in [-0.2, -0.15) is 4.37 Å². The zero-order chi connectivity index (χ0) is 9.54. The Balaban J connectivity index is 0.000000853. The third-order valence-electron chi connectivity index (χ3n) is 2.53. The van der Waals surface area contributed by atoms with Gasteiger partial charge in [-0.15, -0.1) is 0 Å². The van der Waals surface area contributed by atoms with Crippen molar-refractivity contribution >= 4 is 22.2 Å². The number of rotatable bonds is 0. The lowest BCUT2D eigenvalue weighted by Gasteiger charge is -2.17. The number of nitrogens with one attached hydrogen (secondary N) is 1. The van der Waals surface area contributed by atoms with Gasteiger partial charge in [0, 0.05) is 25.3 Å². The van der Waals surface area contributed by atoms with Gasteiger partial charge in [-0.05, 0) is 30.1 Å². The third-order valence-corrected chi connectivity index (χ3v) is 3.29. The lowest BCUT2D eigenvalue weighted by Crippen LogP contribution is -2.03. The molecule has 1 aliphatic rings. The van der Waals surface area contributed by atoms with Crippen LogP contribution in [0.5, 0.6) is 0 Å². The van der Waals surface area contributed by atoms with Crippen molar-refractivity contribution in [3.8, 4) is 0 Å². The van der Waals surface area contributed by atoms with Gasteiger partial charge in [-0.1, -0.05) is 17.7 Å². The van der Waals surface area contributed by atoms with Crippen LogP contribution >= 0.6 is 11.5 Å². The normalized spacial score (nSPS) is 12.9. The molecule has 3 heteroatoms. The molecule has 1 aromatic heterocycles. The first kappa shape index (κ1) is 8.00. The number of aromatic nitrogens is 1. The Morgan fingerprint density at radius 3 is 3.29 bits per heavy atom. The topological polar surface area (TPSA) is 24.9 Å². The summed E-state index contributed by atoms with van der Waals surface area (Å²) in [4.78, 5) is 0. The highest BCUT2D eigenvalue weighted by Crippen LogP contribution is 2.35. The maximum absolute atomic E-state index is 4.19. The molecule has 0 unspecified atom stereocenters. The van der Waals surface area contributed by atoms with Gasteiger partial charge in [0.05, 0.1) is 0 Å². The highest BCUT2D eigenvalue weighted by molar-refractivity contribution is 7.10. The van der Waals surface area contributed by atoms with Crippen LogP contribution in [0, 0.1) is 6.92 Å². The van der Waals surface area contributed by atoms with Crippen LogP contribution in [0.1, 0.15) is 18.1 Å². The summed E-state index contributed by atoms with van der Waals surface area (Å²) < 4.78 is 4.19. The summed E-state index contributed by atoms with van der Waals surface area (Å²) >= 11 is 1.53. The van der Waals surface area contributed by atoms with Crippen molar-refractivity contribution in [3.63, 3.8) is 0 Å². The second-order valence-electron chi connectivity index (χ2n) is 3.64. The average molecular weight is 204 g/mol. The van der Waals surface area contributed by atoms with Crippen LogP contribution in [-0.4, -0.2) is 4.37 Å². The largest absolute Gasteiger partial charge is 0.345 e. The number of hydrogen-bond acceptors (Lipinski definition) is 3. The Morgan fingerprint density at radius 1 is 1.43 bits per heavy atom. The van der Waals surface area contributed by atoms with Crippen molar-refractivity contribution in [2.75, 3.05) is 5.32 Å². The minimum Gasteiger partial charge on any atom is -0.345 e. The molecule has 0 fully saturated rings. The smallest absolute Gasteiger partial charge is 0.117 e. The van der Waals surface area contributed by atoms with Crippen LogP contribution in [0.2, 0.25) is 0 Å². The Labute approximate surface area is 88.2 Å². The molecule has 0 bridgehead atoms.